The van der Waals surface area contributed by atoms with E-state index in [-0.39, 0.29) is 36.4 Å². The quantitative estimate of drug-likeness (QED) is 0.162. The van der Waals surface area contributed by atoms with Crippen LogP contribution in [-0.2, 0) is 30.7 Å². The molecule has 1 unspecified atom stereocenters. The summed E-state index contributed by atoms with van der Waals surface area (Å²) in [5, 5.41) is 0. The Hall–Kier alpha value is -2.97. The molecule has 5 heteroatoms. The van der Waals surface area contributed by atoms with Gasteiger partial charge < -0.3 is 0 Å². The first kappa shape index (κ1) is 43.0. The van der Waals surface area contributed by atoms with Crippen LogP contribution in [0.2, 0.25) is 0 Å². The topological polar surface area (TPSA) is 0 Å². The second-order valence-corrected chi connectivity index (χ2v) is 11.0. The van der Waals surface area contributed by atoms with Gasteiger partial charge in [0.25, 0.3) is 0 Å². The molecule has 4 aromatic carbocycles. The first-order valence-electron chi connectivity index (χ1n) is 14.5. The molecule has 1 atom stereocenters. The van der Waals surface area contributed by atoms with E-state index in [0.717, 1.165) is 12.0 Å². The molecule has 0 saturated carbocycles. The van der Waals surface area contributed by atoms with Crippen molar-refractivity contribution in [1.82, 2.24) is 0 Å². The molecule has 0 fully saturated rings. The number of halogens is 4. The summed E-state index contributed by atoms with van der Waals surface area (Å²) in [5.74, 6) is 0.106. The van der Waals surface area contributed by atoms with E-state index >= 15 is 0 Å². The Labute approximate surface area is 303 Å². The third-order valence-electron chi connectivity index (χ3n) is 6.79. The standard InChI is InChI=1S/C17H13.C11H17.2C6H4F.CH2.2ClH.Zr/c1-3-12-5-7-14-11-15-8-6-13(4-2)10-17(15)16(14)9-12;1-5-9-6-7-10(8-9)11(2,3)4;2*7-6-4-2-1-3-5-6;;;;/h3-7,9-10H,1-2,11H2;7-9H,5H2,1-4H3;2*1-2,4-5H;1H2;2*1H;/q4*-1;;;;. The van der Waals surface area contributed by atoms with E-state index in [2.05, 4.69) is 106 Å². The number of hydrogen-bond donors (Lipinski definition) is 0. The molecule has 0 amide bonds. The van der Waals surface area contributed by atoms with Crippen LogP contribution in [0.25, 0.3) is 23.3 Å². The molecular formula is C41H42Cl2F2Zr-4. The number of hydrogen-bond acceptors (Lipinski definition) is 0. The van der Waals surface area contributed by atoms with Gasteiger partial charge in [0.2, 0.25) is 0 Å². The zero-order chi connectivity index (χ0) is 32.5. The summed E-state index contributed by atoms with van der Waals surface area (Å²) >= 11 is 1.30. The van der Waals surface area contributed by atoms with Gasteiger partial charge in [0.1, 0.15) is 0 Å². The zero-order valence-corrected chi connectivity index (χ0v) is 31.1. The minimum absolute atomic E-state index is 0. The van der Waals surface area contributed by atoms with E-state index in [1.807, 2.05) is 18.2 Å². The Kier molecular flexibility index (Phi) is 21.1. The van der Waals surface area contributed by atoms with Gasteiger partial charge in [-0.25, -0.2) is 6.08 Å². The van der Waals surface area contributed by atoms with E-state index in [4.69, 9.17) is 0 Å². The van der Waals surface area contributed by atoms with Crippen molar-refractivity contribution in [2.24, 2.45) is 11.3 Å². The predicted molar refractivity (Wildman–Crippen MR) is 195 cm³/mol. The molecule has 0 saturated heterocycles. The van der Waals surface area contributed by atoms with Gasteiger partial charge in [-0.15, -0.1) is 72.9 Å². The number of allylic oxidation sites excluding steroid dienone is 4. The zero-order valence-electron chi connectivity index (χ0n) is 27.0. The predicted octanol–water partition coefficient (Wildman–Crippen LogP) is 11.8. The van der Waals surface area contributed by atoms with Gasteiger partial charge in [-0.05, 0) is 12.0 Å². The van der Waals surface area contributed by atoms with Crippen LogP contribution in [0.5, 0.6) is 0 Å². The van der Waals surface area contributed by atoms with Gasteiger partial charge in [0.05, 0.1) is 0 Å². The summed E-state index contributed by atoms with van der Waals surface area (Å²) < 4.78 is 27.1. The maximum absolute atomic E-state index is 11.9. The van der Waals surface area contributed by atoms with Crippen LogP contribution in [0.1, 0.15) is 56.4 Å². The molecule has 2 aliphatic rings. The first-order chi connectivity index (χ1) is 21.1. The fourth-order valence-electron chi connectivity index (χ4n) is 4.32. The molecule has 0 N–H and O–H groups in total. The molecule has 0 aromatic heterocycles. The van der Waals surface area contributed by atoms with Gasteiger partial charge in [0.15, 0.2) is 0 Å². The van der Waals surface area contributed by atoms with Crippen LogP contribution in [0.15, 0.2) is 110 Å². The molecule has 6 rings (SSSR count). The Morgan fingerprint density at radius 3 is 1.80 bits per heavy atom. The molecule has 46 heavy (non-hydrogen) atoms. The van der Waals surface area contributed by atoms with Crippen molar-refractivity contribution in [1.29, 1.82) is 0 Å². The van der Waals surface area contributed by atoms with Crippen LogP contribution >= 0.6 is 24.8 Å². The average Bonchev–Trinajstić information content (AvgIpc) is 3.68. The van der Waals surface area contributed by atoms with Gasteiger partial charge in [-0.2, -0.15) is 71.8 Å². The number of rotatable bonds is 3. The molecule has 242 valence electrons. The fourth-order valence-corrected chi connectivity index (χ4v) is 4.32. The van der Waals surface area contributed by atoms with E-state index < -0.39 is 0 Å². The number of fused-ring (bicyclic) bond motifs is 3. The van der Waals surface area contributed by atoms with Crippen molar-refractivity contribution < 1.29 is 33.0 Å². The molecule has 0 nitrogen and oxygen atoms in total. The summed E-state index contributed by atoms with van der Waals surface area (Å²) in [5.41, 5.74) is 9.30. The third-order valence-corrected chi connectivity index (χ3v) is 6.79. The second kappa shape index (κ2) is 22.5. The Morgan fingerprint density at radius 2 is 1.41 bits per heavy atom. The summed E-state index contributed by atoms with van der Waals surface area (Å²) in [6.07, 6.45) is 13.7. The van der Waals surface area contributed by atoms with Crippen molar-refractivity contribution in [3.63, 3.8) is 0 Å². The van der Waals surface area contributed by atoms with Crippen molar-refractivity contribution in [3.05, 3.63) is 168 Å². The van der Waals surface area contributed by atoms with E-state index in [1.54, 1.807) is 24.3 Å². The second-order valence-electron chi connectivity index (χ2n) is 11.0. The van der Waals surface area contributed by atoms with E-state index in [1.165, 1.54) is 88.3 Å². The van der Waals surface area contributed by atoms with Crippen LogP contribution in [0.4, 0.5) is 8.78 Å². The molecule has 0 spiro atoms. The van der Waals surface area contributed by atoms with Crippen molar-refractivity contribution in [3.8, 4) is 11.1 Å². The van der Waals surface area contributed by atoms with Crippen molar-refractivity contribution in [2.75, 3.05) is 0 Å². The van der Waals surface area contributed by atoms with Crippen LogP contribution in [0, 0.1) is 47.2 Å². The average molecular weight is 735 g/mol. The Bertz CT molecular complexity index is 1450. The fraction of sp³-hybridized carbons (Fsp3) is 0.195. The number of benzene rings is 4. The Morgan fingerprint density at radius 1 is 0.848 bits per heavy atom. The minimum atomic E-state index is -0.234. The molecule has 0 radical (unpaired) electrons. The van der Waals surface area contributed by atoms with Crippen molar-refractivity contribution in [2.45, 2.75) is 40.5 Å². The molecule has 0 heterocycles. The van der Waals surface area contributed by atoms with Gasteiger partial charge in [-0.3, -0.25) is 14.9 Å². The maximum atomic E-state index is 11.9. The summed E-state index contributed by atoms with van der Waals surface area (Å²) in [6.45, 7) is 16.6. The van der Waals surface area contributed by atoms with Gasteiger partial charge in [-0.1, -0.05) is 87.4 Å². The first-order valence-corrected chi connectivity index (χ1v) is 16.2. The monoisotopic (exact) mass is 732 g/mol. The molecular weight excluding hydrogens is 693 g/mol. The summed E-state index contributed by atoms with van der Waals surface area (Å²) in [7, 11) is 0. The van der Waals surface area contributed by atoms with Crippen LogP contribution in [-0.4, -0.2) is 4.21 Å². The summed E-state index contributed by atoms with van der Waals surface area (Å²) in [4.78, 5) is 0. The Balaban J connectivity index is 0.000000608. The third kappa shape index (κ3) is 14.2. The SMILES string of the molecule is C=Cc1c[c-]c2c(c1)-c1cc(C=C)ccc1C2.CCC1[C-]=CC(C(C)(C)C)=C1.Cl.Cl.Fc1c[c-]ccc1.Fc1c[c-]ccc1.[CH2]=[Zr]. The normalized spacial score (nSPS) is 12.8. The van der Waals surface area contributed by atoms with E-state index in [0.29, 0.717) is 11.3 Å². The molecule has 0 bridgehead atoms. The van der Waals surface area contributed by atoms with E-state index in [9.17, 15) is 8.78 Å². The molecule has 4 aromatic rings. The summed E-state index contributed by atoms with van der Waals surface area (Å²) in [6, 6.07) is 31.1. The molecule has 2 aliphatic carbocycles. The molecule has 0 aliphatic heterocycles. The van der Waals surface area contributed by atoms with Gasteiger partial charge in [0, 0.05) is 11.6 Å². The van der Waals surface area contributed by atoms with Crippen LogP contribution < -0.4 is 0 Å². The van der Waals surface area contributed by atoms with Gasteiger partial charge >= 0.3 is 28.4 Å². The van der Waals surface area contributed by atoms with Crippen molar-refractivity contribution >= 4 is 41.2 Å². The van der Waals surface area contributed by atoms with Crippen LogP contribution in [0.3, 0.4) is 0 Å².